The van der Waals surface area contributed by atoms with Crippen molar-refractivity contribution < 1.29 is 0 Å². The van der Waals surface area contributed by atoms with Crippen LogP contribution in [-0.4, -0.2) is 35.1 Å². The minimum absolute atomic E-state index is 0.674. The predicted octanol–water partition coefficient (Wildman–Crippen LogP) is 1.33. The van der Waals surface area contributed by atoms with Gasteiger partial charge in [0.15, 0.2) is 0 Å². The molecule has 0 saturated heterocycles. The summed E-state index contributed by atoms with van der Waals surface area (Å²) in [6.45, 7) is 1.49. The van der Waals surface area contributed by atoms with Gasteiger partial charge in [0.05, 0.1) is 0 Å². The molecule has 4 N–H and O–H groups in total. The molecule has 6 nitrogen and oxygen atoms in total. The standard InChI is InChI=1S/C12H18N6/c1-18(11-4-2-6-15-11)12-8-10(16-9-17-12)14-7-3-5-13/h2,4,6,8-9,15H,3,5,7,13H2,1H3,(H,14,16,17). The van der Waals surface area contributed by atoms with Crippen molar-refractivity contribution in [2.45, 2.75) is 6.42 Å². The number of aromatic nitrogens is 3. The van der Waals surface area contributed by atoms with Crippen molar-refractivity contribution in [3.63, 3.8) is 0 Å². The molecule has 0 fully saturated rings. The van der Waals surface area contributed by atoms with E-state index < -0.39 is 0 Å². The van der Waals surface area contributed by atoms with Gasteiger partial charge < -0.3 is 20.9 Å². The highest BCUT2D eigenvalue weighted by Gasteiger charge is 2.06. The van der Waals surface area contributed by atoms with Gasteiger partial charge in [-0.3, -0.25) is 0 Å². The van der Waals surface area contributed by atoms with E-state index in [-0.39, 0.29) is 0 Å². The molecule has 0 unspecified atom stereocenters. The van der Waals surface area contributed by atoms with E-state index in [1.807, 2.05) is 36.3 Å². The predicted molar refractivity (Wildman–Crippen MR) is 73.0 cm³/mol. The van der Waals surface area contributed by atoms with Crippen molar-refractivity contribution in [3.8, 4) is 0 Å². The average Bonchev–Trinajstić information content (AvgIpc) is 2.92. The maximum atomic E-state index is 5.45. The Hall–Kier alpha value is -2.08. The first-order valence-corrected chi connectivity index (χ1v) is 5.94. The summed E-state index contributed by atoms with van der Waals surface area (Å²) in [5, 5.41) is 3.22. The Morgan fingerprint density at radius 3 is 3.06 bits per heavy atom. The van der Waals surface area contributed by atoms with E-state index >= 15 is 0 Å². The second kappa shape index (κ2) is 6.02. The Bertz CT molecular complexity index is 467. The molecule has 0 aliphatic carbocycles. The molecule has 0 saturated carbocycles. The van der Waals surface area contributed by atoms with Crippen LogP contribution in [0, 0.1) is 0 Å². The topological polar surface area (TPSA) is 82.9 Å². The van der Waals surface area contributed by atoms with E-state index in [2.05, 4.69) is 20.3 Å². The van der Waals surface area contributed by atoms with Crippen LogP contribution < -0.4 is 16.0 Å². The number of aromatic amines is 1. The molecule has 0 aromatic carbocycles. The zero-order valence-corrected chi connectivity index (χ0v) is 10.4. The van der Waals surface area contributed by atoms with Gasteiger partial charge in [0, 0.05) is 25.9 Å². The maximum Gasteiger partial charge on any atom is 0.139 e. The van der Waals surface area contributed by atoms with Crippen LogP contribution in [0.1, 0.15) is 6.42 Å². The van der Waals surface area contributed by atoms with E-state index in [1.54, 1.807) is 6.33 Å². The van der Waals surface area contributed by atoms with Crippen LogP contribution in [0.3, 0.4) is 0 Å². The number of rotatable bonds is 6. The monoisotopic (exact) mass is 246 g/mol. The minimum Gasteiger partial charge on any atom is -0.370 e. The largest absolute Gasteiger partial charge is 0.370 e. The smallest absolute Gasteiger partial charge is 0.139 e. The van der Waals surface area contributed by atoms with Crippen LogP contribution >= 0.6 is 0 Å². The molecular weight excluding hydrogens is 228 g/mol. The summed E-state index contributed by atoms with van der Waals surface area (Å²) in [6, 6.07) is 5.86. The highest BCUT2D eigenvalue weighted by molar-refractivity contribution is 5.58. The Labute approximate surface area is 106 Å². The van der Waals surface area contributed by atoms with E-state index in [9.17, 15) is 0 Å². The van der Waals surface area contributed by atoms with E-state index in [0.29, 0.717) is 6.54 Å². The lowest BCUT2D eigenvalue weighted by atomic mass is 10.4. The lowest BCUT2D eigenvalue weighted by Gasteiger charge is -2.16. The first-order valence-electron chi connectivity index (χ1n) is 5.94. The average molecular weight is 246 g/mol. The molecule has 96 valence electrons. The van der Waals surface area contributed by atoms with Crippen LogP contribution in [0.2, 0.25) is 0 Å². The van der Waals surface area contributed by atoms with Crippen molar-refractivity contribution in [2.24, 2.45) is 5.73 Å². The number of hydrogen-bond acceptors (Lipinski definition) is 5. The molecular formula is C12H18N6. The Kier molecular flexibility index (Phi) is 4.14. The molecule has 2 aromatic rings. The van der Waals surface area contributed by atoms with Crippen molar-refractivity contribution in [3.05, 3.63) is 30.7 Å². The van der Waals surface area contributed by atoms with Gasteiger partial charge >= 0.3 is 0 Å². The lowest BCUT2D eigenvalue weighted by Crippen LogP contribution is -2.13. The van der Waals surface area contributed by atoms with Crippen LogP contribution in [0.25, 0.3) is 0 Å². The zero-order chi connectivity index (χ0) is 12.8. The summed E-state index contributed by atoms with van der Waals surface area (Å²) in [6.07, 6.45) is 4.36. The number of anilines is 3. The van der Waals surface area contributed by atoms with Gasteiger partial charge in [-0.05, 0) is 25.1 Å². The molecule has 0 amide bonds. The number of H-pyrrole nitrogens is 1. The third-order valence-electron chi connectivity index (χ3n) is 2.63. The summed E-state index contributed by atoms with van der Waals surface area (Å²) in [4.78, 5) is 13.5. The molecule has 2 aromatic heterocycles. The van der Waals surface area contributed by atoms with Gasteiger partial charge in [0.25, 0.3) is 0 Å². The summed E-state index contributed by atoms with van der Waals surface area (Å²) in [5.41, 5.74) is 5.45. The quantitative estimate of drug-likeness (QED) is 0.670. The molecule has 2 heterocycles. The minimum atomic E-state index is 0.674. The number of nitrogens with one attached hydrogen (secondary N) is 2. The van der Waals surface area contributed by atoms with Gasteiger partial charge in [0.2, 0.25) is 0 Å². The zero-order valence-electron chi connectivity index (χ0n) is 10.4. The van der Waals surface area contributed by atoms with Crippen LogP contribution in [0.4, 0.5) is 17.5 Å². The van der Waals surface area contributed by atoms with Crippen LogP contribution in [0.15, 0.2) is 30.7 Å². The molecule has 18 heavy (non-hydrogen) atoms. The fraction of sp³-hybridized carbons (Fsp3) is 0.333. The van der Waals surface area contributed by atoms with Crippen molar-refractivity contribution in [1.29, 1.82) is 0 Å². The Balaban J connectivity index is 2.07. The maximum absolute atomic E-state index is 5.45. The molecule has 2 rings (SSSR count). The molecule has 0 spiro atoms. The Morgan fingerprint density at radius 2 is 2.33 bits per heavy atom. The lowest BCUT2D eigenvalue weighted by molar-refractivity contribution is 0.868. The van der Waals surface area contributed by atoms with Gasteiger partial charge in [-0.1, -0.05) is 0 Å². The number of hydrogen-bond donors (Lipinski definition) is 3. The Morgan fingerprint density at radius 1 is 1.44 bits per heavy atom. The molecule has 6 heteroatoms. The first-order chi connectivity index (χ1) is 8.81. The summed E-state index contributed by atoms with van der Waals surface area (Å²) < 4.78 is 0. The highest BCUT2D eigenvalue weighted by Crippen LogP contribution is 2.20. The van der Waals surface area contributed by atoms with E-state index in [1.165, 1.54) is 0 Å². The van der Waals surface area contributed by atoms with E-state index in [4.69, 9.17) is 5.73 Å². The van der Waals surface area contributed by atoms with Crippen molar-refractivity contribution in [2.75, 3.05) is 30.4 Å². The molecule has 0 atom stereocenters. The van der Waals surface area contributed by atoms with Gasteiger partial charge in [0.1, 0.15) is 23.8 Å². The molecule has 0 aliphatic heterocycles. The third kappa shape index (κ3) is 2.98. The van der Waals surface area contributed by atoms with Crippen molar-refractivity contribution >= 4 is 17.5 Å². The van der Waals surface area contributed by atoms with Crippen molar-refractivity contribution in [1.82, 2.24) is 15.0 Å². The van der Waals surface area contributed by atoms with Crippen LogP contribution in [0.5, 0.6) is 0 Å². The fourth-order valence-electron chi connectivity index (χ4n) is 1.60. The highest BCUT2D eigenvalue weighted by atomic mass is 15.2. The first kappa shape index (κ1) is 12.4. The second-order valence-electron chi connectivity index (χ2n) is 3.94. The van der Waals surface area contributed by atoms with Gasteiger partial charge in [-0.15, -0.1) is 0 Å². The number of nitrogens with two attached hydrogens (primary N) is 1. The normalized spacial score (nSPS) is 10.3. The van der Waals surface area contributed by atoms with Gasteiger partial charge in [-0.2, -0.15) is 0 Å². The molecule has 0 aliphatic rings. The fourth-order valence-corrected chi connectivity index (χ4v) is 1.60. The molecule has 0 bridgehead atoms. The number of nitrogens with zero attached hydrogens (tertiary/aromatic N) is 3. The van der Waals surface area contributed by atoms with Crippen LogP contribution in [-0.2, 0) is 0 Å². The summed E-state index contributed by atoms with van der Waals surface area (Å²) in [5.74, 6) is 2.64. The second-order valence-corrected chi connectivity index (χ2v) is 3.94. The third-order valence-corrected chi connectivity index (χ3v) is 2.63. The molecule has 0 radical (unpaired) electrons. The van der Waals surface area contributed by atoms with E-state index in [0.717, 1.165) is 30.4 Å². The van der Waals surface area contributed by atoms with Gasteiger partial charge in [-0.25, -0.2) is 9.97 Å². The summed E-state index contributed by atoms with van der Waals surface area (Å²) in [7, 11) is 1.96. The summed E-state index contributed by atoms with van der Waals surface area (Å²) >= 11 is 0. The SMILES string of the molecule is CN(c1cc(NCCCN)ncn1)c1ccc[nH]1.